The zero-order chi connectivity index (χ0) is 34.8. The van der Waals surface area contributed by atoms with Crippen molar-refractivity contribution in [2.75, 3.05) is 125 Å². The van der Waals surface area contributed by atoms with Crippen LogP contribution >= 0.6 is 0 Å². The van der Waals surface area contributed by atoms with Crippen molar-refractivity contribution in [1.29, 1.82) is 0 Å². The Kier molecular flexibility index (Phi) is 20.1. The lowest BCUT2D eigenvalue weighted by Gasteiger charge is -2.39. The lowest BCUT2D eigenvalue weighted by Crippen LogP contribution is -2.56. The molecule has 2 aromatic rings. The van der Waals surface area contributed by atoms with Crippen molar-refractivity contribution in [3.8, 4) is 11.8 Å². The van der Waals surface area contributed by atoms with E-state index in [1.165, 1.54) is 11.1 Å². The van der Waals surface area contributed by atoms with E-state index in [9.17, 15) is 4.79 Å². The highest BCUT2D eigenvalue weighted by molar-refractivity contribution is 5.49. The first-order chi connectivity index (χ1) is 24.8. The number of fused-ring (bicyclic) bond motifs is 2. The van der Waals surface area contributed by atoms with E-state index >= 15 is 0 Å². The Hall–Kier alpha value is -2.85. The van der Waals surface area contributed by atoms with E-state index in [0.29, 0.717) is 138 Å². The fourth-order valence-electron chi connectivity index (χ4n) is 4.96. The number of aldehydes is 1. The molecule has 278 valence electrons. The summed E-state index contributed by atoms with van der Waals surface area (Å²) >= 11 is 0. The topological polar surface area (TPSA) is 152 Å². The molecule has 0 aliphatic carbocycles. The van der Waals surface area contributed by atoms with Crippen molar-refractivity contribution < 1.29 is 52.2 Å². The van der Waals surface area contributed by atoms with Crippen molar-refractivity contribution in [3.63, 3.8) is 0 Å². The third-order valence-corrected chi connectivity index (χ3v) is 7.62. The zero-order valence-electron chi connectivity index (χ0n) is 29.0. The molecule has 15 heteroatoms. The molecule has 3 heterocycles. The molecule has 1 N–H and O–H groups in total. The summed E-state index contributed by atoms with van der Waals surface area (Å²) in [6.45, 7) is 10.8. The number of ether oxygens (including phenoxy) is 10. The molecule has 1 aromatic carbocycles. The number of rotatable bonds is 30. The monoisotopic (exact) mass is 704 g/mol. The Morgan fingerprint density at radius 1 is 0.760 bits per heavy atom. The van der Waals surface area contributed by atoms with E-state index < -0.39 is 0 Å². The standard InChI is InChI=1S/C35H52N4O11/c40-7-2-9-42-12-15-45-17-19-46-16-13-43-10-6-33-26-39(38-37-33)30-49-24-23-48-22-21-47-20-18-44-14-11-41-8-1-3-31-4-5-34-32(25-31)27-50-35(34)28-36-29-35/h4-5,7,25-26,36H,2,6,8-24,27-30H2. The van der Waals surface area contributed by atoms with Gasteiger partial charge in [-0.05, 0) is 23.3 Å². The number of aromatic nitrogens is 3. The lowest BCUT2D eigenvalue weighted by molar-refractivity contribution is -0.109. The molecule has 1 aromatic heterocycles. The van der Waals surface area contributed by atoms with Gasteiger partial charge in [0.05, 0.1) is 124 Å². The number of carbonyl (C=O) groups excluding carboxylic acids is 1. The summed E-state index contributed by atoms with van der Waals surface area (Å²) in [5.74, 6) is 6.23. The molecule has 2 aliphatic rings. The van der Waals surface area contributed by atoms with Crippen LogP contribution in [0.5, 0.6) is 0 Å². The minimum absolute atomic E-state index is 0.113. The van der Waals surface area contributed by atoms with E-state index in [0.717, 1.165) is 30.6 Å². The molecule has 0 unspecified atom stereocenters. The molecule has 0 radical (unpaired) electrons. The summed E-state index contributed by atoms with van der Waals surface area (Å²) in [4.78, 5) is 10.2. The van der Waals surface area contributed by atoms with E-state index in [4.69, 9.17) is 47.4 Å². The van der Waals surface area contributed by atoms with Crippen LogP contribution in [0, 0.1) is 11.8 Å². The van der Waals surface area contributed by atoms with Crippen LogP contribution in [-0.2, 0) is 77.5 Å². The van der Waals surface area contributed by atoms with Gasteiger partial charge < -0.3 is 57.5 Å². The van der Waals surface area contributed by atoms with Gasteiger partial charge in [0.15, 0.2) is 0 Å². The average Bonchev–Trinajstić information content (AvgIpc) is 3.74. The number of hydrogen-bond donors (Lipinski definition) is 1. The minimum atomic E-state index is -0.113. The molecule has 0 bridgehead atoms. The molecule has 15 nitrogen and oxygen atoms in total. The van der Waals surface area contributed by atoms with Crippen molar-refractivity contribution in [2.24, 2.45) is 0 Å². The van der Waals surface area contributed by atoms with Crippen LogP contribution in [0.4, 0.5) is 0 Å². The highest BCUT2D eigenvalue weighted by atomic mass is 16.6. The van der Waals surface area contributed by atoms with Gasteiger partial charge in [-0.25, -0.2) is 4.68 Å². The highest BCUT2D eigenvalue weighted by Crippen LogP contribution is 2.39. The van der Waals surface area contributed by atoms with Gasteiger partial charge in [0.1, 0.15) is 25.2 Å². The number of hydrogen-bond acceptors (Lipinski definition) is 14. The second kappa shape index (κ2) is 25.2. The fourth-order valence-corrected chi connectivity index (χ4v) is 4.96. The SMILES string of the molecule is O=CCCOCCOCCOCCOCCc1cn(COCCOCCOCCOCCOCC#Cc2ccc3c(c2)COC32CNC2)nn1. The Labute approximate surface area is 294 Å². The average molecular weight is 705 g/mol. The van der Waals surface area contributed by atoms with Crippen LogP contribution in [0.25, 0.3) is 0 Å². The Morgan fingerprint density at radius 2 is 1.34 bits per heavy atom. The summed E-state index contributed by atoms with van der Waals surface area (Å²) in [5, 5.41) is 11.5. The van der Waals surface area contributed by atoms with Gasteiger partial charge in [0.25, 0.3) is 0 Å². The van der Waals surface area contributed by atoms with Gasteiger partial charge in [-0.3, -0.25) is 0 Å². The molecule has 1 fully saturated rings. The first-order valence-electron chi connectivity index (χ1n) is 17.3. The normalized spacial score (nSPS) is 14.4. The molecular weight excluding hydrogens is 652 g/mol. The molecule has 2 aliphatic heterocycles. The maximum atomic E-state index is 10.2. The van der Waals surface area contributed by atoms with Crippen LogP contribution in [-0.4, -0.2) is 147 Å². The van der Waals surface area contributed by atoms with Crippen LogP contribution in [0.3, 0.4) is 0 Å². The first-order valence-corrected chi connectivity index (χ1v) is 17.3. The molecule has 0 atom stereocenters. The molecule has 50 heavy (non-hydrogen) atoms. The van der Waals surface area contributed by atoms with Gasteiger partial charge in [0, 0.05) is 31.5 Å². The fraction of sp³-hybridized carbons (Fsp3) is 0.686. The van der Waals surface area contributed by atoms with Gasteiger partial charge in [-0.2, -0.15) is 0 Å². The Morgan fingerprint density at radius 3 is 1.94 bits per heavy atom. The number of nitrogens with zero attached hydrogens (tertiary/aromatic N) is 3. The van der Waals surface area contributed by atoms with E-state index in [2.05, 4.69) is 45.7 Å². The molecule has 4 rings (SSSR count). The largest absolute Gasteiger partial charge is 0.379 e. The predicted molar refractivity (Wildman–Crippen MR) is 180 cm³/mol. The molecule has 1 saturated heterocycles. The second-order valence-corrected chi connectivity index (χ2v) is 11.4. The lowest BCUT2D eigenvalue weighted by atomic mass is 9.87. The molecule has 0 saturated carbocycles. The third kappa shape index (κ3) is 15.6. The van der Waals surface area contributed by atoms with Crippen molar-refractivity contribution in [2.45, 2.75) is 31.8 Å². The van der Waals surface area contributed by atoms with E-state index in [-0.39, 0.29) is 5.60 Å². The summed E-state index contributed by atoms with van der Waals surface area (Å²) in [5.41, 5.74) is 4.22. The zero-order valence-corrected chi connectivity index (χ0v) is 29.0. The maximum absolute atomic E-state index is 10.2. The first kappa shape index (κ1) is 39.9. The summed E-state index contributed by atoms with van der Waals surface area (Å²) in [7, 11) is 0. The summed E-state index contributed by atoms with van der Waals surface area (Å²) < 4.78 is 57.0. The molecule has 0 amide bonds. The van der Waals surface area contributed by atoms with Gasteiger partial charge in [-0.1, -0.05) is 23.1 Å². The van der Waals surface area contributed by atoms with Gasteiger partial charge in [0.2, 0.25) is 0 Å². The summed E-state index contributed by atoms with van der Waals surface area (Å²) in [6, 6.07) is 6.32. The van der Waals surface area contributed by atoms with Crippen LogP contribution < -0.4 is 5.32 Å². The van der Waals surface area contributed by atoms with Crippen LogP contribution in [0.1, 0.15) is 28.8 Å². The van der Waals surface area contributed by atoms with Crippen LogP contribution in [0.15, 0.2) is 24.4 Å². The van der Waals surface area contributed by atoms with Crippen LogP contribution in [0.2, 0.25) is 0 Å². The predicted octanol–water partition coefficient (Wildman–Crippen LogP) is 0.897. The van der Waals surface area contributed by atoms with Crippen molar-refractivity contribution in [3.05, 3.63) is 46.8 Å². The van der Waals surface area contributed by atoms with E-state index in [1.807, 2.05) is 6.20 Å². The molecule has 1 spiro atoms. The number of benzene rings is 1. The smallest absolute Gasteiger partial charge is 0.141 e. The third-order valence-electron chi connectivity index (χ3n) is 7.62. The van der Waals surface area contributed by atoms with E-state index in [1.54, 1.807) is 4.68 Å². The highest BCUT2D eigenvalue weighted by Gasteiger charge is 2.45. The Balaban J connectivity index is 0.844. The number of carbonyl (C=O) groups is 1. The van der Waals surface area contributed by atoms with Crippen molar-refractivity contribution >= 4 is 6.29 Å². The number of nitrogens with one attached hydrogen (secondary N) is 1. The minimum Gasteiger partial charge on any atom is -0.379 e. The molecular formula is C35H52N4O11. The summed E-state index contributed by atoms with van der Waals surface area (Å²) in [6.07, 6.45) is 3.73. The second-order valence-electron chi connectivity index (χ2n) is 11.4. The Bertz CT molecular complexity index is 1260. The van der Waals surface area contributed by atoms with Gasteiger partial charge in [-0.15, -0.1) is 5.10 Å². The van der Waals surface area contributed by atoms with Crippen molar-refractivity contribution in [1.82, 2.24) is 20.3 Å². The van der Waals surface area contributed by atoms with Gasteiger partial charge >= 0.3 is 0 Å². The quantitative estimate of drug-likeness (QED) is 0.0697. The maximum Gasteiger partial charge on any atom is 0.141 e.